The van der Waals surface area contributed by atoms with Crippen molar-refractivity contribution in [2.24, 2.45) is 5.92 Å². The standard InChI is InChI=1S/C30H44ClN3O9S/c1-5-7-17-14-20(34(3)15-17)28(39)33-23(16(2)31)26-24(37)25(38)27(30(43-26)44-4)42-22(36)9-6-8-21(35)32-19-12-10-18(11-13-19)29(40)41/h10-13,16-17,20,23-27,30,37-38H,5-9,14-15H2,1-4H3,(H,32,35)(H,33,39)(H,40,41)/t16-,17+,20-,23+,24+,25-,26+,27+,30+/m0/s1. The summed E-state index contributed by atoms with van der Waals surface area (Å²) in [6.45, 7) is 4.61. The molecule has 44 heavy (non-hydrogen) atoms. The van der Waals surface area contributed by atoms with Crippen LogP contribution >= 0.6 is 23.4 Å². The molecule has 0 unspecified atom stereocenters. The molecule has 9 atom stereocenters. The number of esters is 1. The molecule has 0 aliphatic carbocycles. The molecule has 2 fully saturated rings. The zero-order valence-corrected chi connectivity index (χ0v) is 27.1. The second kappa shape index (κ2) is 16.8. The summed E-state index contributed by atoms with van der Waals surface area (Å²) in [5.74, 6) is -1.91. The van der Waals surface area contributed by atoms with Crippen molar-refractivity contribution in [1.82, 2.24) is 10.2 Å². The van der Waals surface area contributed by atoms with E-state index in [0.717, 1.165) is 25.8 Å². The van der Waals surface area contributed by atoms with Gasteiger partial charge in [-0.3, -0.25) is 19.3 Å². The Morgan fingerprint density at radius 2 is 1.84 bits per heavy atom. The number of amides is 2. The predicted molar refractivity (Wildman–Crippen MR) is 167 cm³/mol. The molecule has 3 rings (SSSR count). The lowest BCUT2D eigenvalue weighted by Gasteiger charge is -2.45. The molecule has 0 spiro atoms. The van der Waals surface area contributed by atoms with Crippen molar-refractivity contribution in [3.05, 3.63) is 29.8 Å². The number of halogens is 1. The number of benzene rings is 1. The highest BCUT2D eigenvalue weighted by molar-refractivity contribution is 7.99. The van der Waals surface area contributed by atoms with Gasteiger partial charge in [-0.15, -0.1) is 23.4 Å². The first kappa shape index (κ1) is 36.1. The van der Waals surface area contributed by atoms with E-state index in [0.29, 0.717) is 11.6 Å². The molecule has 0 bridgehead atoms. The van der Waals surface area contributed by atoms with Crippen LogP contribution in [0.25, 0.3) is 0 Å². The van der Waals surface area contributed by atoms with E-state index in [9.17, 15) is 29.4 Å². The maximum atomic E-state index is 13.3. The van der Waals surface area contributed by atoms with Crippen LogP contribution in [0.5, 0.6) is 0 Å². The third kappa shape index (κ3) is 9.54. The topological polar surface area (TPSA) is 175 Å². The lowest BCUT2D eigenvalue weighted by Crippen LogP contribution is -2.65. The van der Waals surface area contributed by atoms with Gasteiger partial charge < -0.3 is 35.4 Å². The number of hydrogen-bond acceptors (Lipinski definition) is 10. The number of carboxylic acids is 1. The quantitative estimate of drug-likeness (QED) is 0.147. The van der Waals surface area contributed by atoms with E-state index in [-0.39, 0.29) is 42.7 Å². The molecule has 2 aliphatic rings. The summed E-state index contributed by atoms with van der Waals surface area (Å²) < 4.78 is 11.6. The molecule has 1 aromatic rings. The summed E-state index contributed by atoms with van der Waals surface area (Å²) in [5.41, 5.74) is -0.333. The number of rotatable bonds is 14. The smallest absolute Gasteiger partial charge is 0.335 e. The number of ether oxygens (including phenoxy) is 2. The minimum absolute atomic E-state index is 0.000516. The minimum atomic E-state index is -1.51. The average Bonchev–Trinajstić information content (AvgIpc) is 3.34. The Morgan fingerprint density at radius 1 is 1.16 bits per heavy atom. The van der Waals surface area contributed by atoms with Crippen LogP contribution in [0, 0.1) is 5.92 Å². The van der Waals surface area contributed by atoms with Gasteiger partial charge in [-0.05, 0) is 69.7 Å². The molecular weight excluding hydrogens is 614 g/mol. The van der Waals surface area contributed by atoms with Gasteiger partial charge in [0.25, 0.3) is 0 Å². The summed E-state index contributed by atoms with van der Waals surface area (Å²) in [6, 6.07) is 4.53. The van der Waals surface area contributed by atoms with Gasteiger partial charge in [-0.25, -0.2) is 4.79 Å². The Kier molecular flexibility index (Phi) is 13.7. The van der Waals surface area contributed by atoms with E-state index in [1.807, 2.05) is 11.9 Å². The Hall–Kier alpha value is -2.42. The number of carbonyl (C=O) groups excluding carboxylic acids is 3. The molecule has 0 radical (unpaired) electrons. The third-order valence-corrected chi connectivity index (χ3v) is 9.19. The van der Waals surface area contributed by atoms with Crippen molar-refractivity contribution in [2.75, 3.05) is 25.2 Å². The van der Waals surface area contributed by atoms with Crippen LogP contribution in [0.3, 0.4) is 0 Å². The number of likely N-dealkylation sites (tertiary alicyclic amines) is 1. The van der Waals surface area contributed by atoms with Gasteiger partial charge in [0.1, 0.15) is 23.7 Å². The van der Waals surface area contributed by atoms with Crippen molar-refractivity contribution in [1.29, 1.82) is 0 Å². The van der Waals surface area contributed by atoms with Gasteiger partial charge in [-0.1, -0.05) is 13.3 Å². The van der Waals surface area contributed by atoms with Crippen LogP contribution in [0.1, 0.15) is 62.7 Å². The number of aromatic carboxylic acids is 1. The van der Waals surface area contributed by atoms with Crippen LogP contribution < -0.4 is 10.6 Å². The number of carbonyl (C=O) groups is 4. The number of aliphatic hydroxyl groups is 2. The molecule has 5 N–H and O–H groups in total. The maximum absolute atomic E-state index is 13.3. The van der Waals surface area contributed by atoms with Gasteiger partial charge in [0.2, 0.25) is 11.8 Å². The Balaban J connectivity index is 1.54. The molecule has 14 heteroatoms. The molecule has 2 amide bonds. The fourth-order valence-electron chi connectivity index (χ4n) is 5.75. The van der Waals surface area contributed by atoms with Gasteiger partial charge in [0.05, 0.1) is 23.0 Å². The molecule has 2 saturated heterocycles. The lowest BCUT2D eigenvalue weighted by molar-refractivity contribution is -0.218. The van der Waals surface area contributed by atoms with Gasteiger partial charge in [0.15, 0.2) is 6.10 Å². The number of carboxylic acid groups (broad SMARTS) is 1. The van der Waals surface area contributed by atoms with E-state index in [1.54, 1.807) is 13.2 Å². The summed E-state index contributed by atoms with van der Waals surface area (Å²) in [4.78, 5) is 51.1. The summed E-state index contributed by atoms with van der Waals surface area (Å²) in [7, 11) is 1.91. The number of alkyl halides is 1. The Bertz CT molecular complexity index is 1140. The second-order valence-electron chi connectivity index (χ2n) is 11.5. The first-order valence-electron chi connectivity index (χ1n) is 14.9. The number of thioether (sulfide) groups is 1. The lowest BCUT2D eigenvalue weighted by atomic mass is 9.92. The second-order valence-corrected chi connectivity index (χ2v) is 13.1. The predicted octanol–water partition coefficient (Wildman–Crippen LogP) is 2.45. The molecule has 246 valence electrons. The van der Waals surface area contributed by atoms with Gasteiger partial charge in [0, 0.05) is 25.1 Å². The minimum Gasteiger partial charge on any atom is -0.478 e. The SMILES string of the molecule is CCC[C@@H]1C[C@@H](C(=O)N[C@@H]([C@H]2O[C@H](SC)[C@H](OC(=O)CCCC(=O)Nc3ccc(C(=O)O)cc3)[C@@H](O)[C@H]2O)[C@H](C)Cl)N(C)C1. The van der Waals surface area contributed by atoms with E-state index in [4.69, 9.17) is 26.2 Å². The third-order valence-electron chi connectivity index (χ3n) is 8.07. The highest BCUT2D eigenvalue weighted by Gasteiger charge is 2.50. The molecule has 0 aromatic heterocycles. The highest BCUT2D eigenvalue weighted by atomic mass is 35.5. The monoisotopic (exact) mass is 657 g/mol. The van der Waals surface area contributed by atoms with Crippen molar-refractivity contribution < 1.29 is 44.0 Å². The first-order valence-corrected chi connectivity index (χ1v) is 16.6. The number of nitrogens with zero attached hydrogens (tertiary/aromatic N) is 1. The Morgan fingerprint density at radius 3 is 2.43 bits per heavy atom. The van der Waals surface area contributed by atoms with Crippen LogP contribution in [-0.4, -0.2) is 111 Å². The highest BCUT2D eigenvalue weighted by Crippen LogP contribution is 2.33. The van der Waals surface area contributed by atoms with Gasteiger partial charge >= 0.3 is 11.9 Å². The van der Waals surface area contributed by atoms with E-state index in [1.165, 1.54) is 36.0 Å². The molecule has 12 nitrogen and oxygen atoms in total. The van der Waals surface area contributed by atoms with Crippen molar-refractivity contribution in [3.63, 3.8) is 0 Å². The normalized spacial score (nSPS) is 28.6. The molecular formula is C30H44ClN3O9S. The van der Waals surface area contributed by atoms with E-state index < -0.39 is 53.2 Å². The fourth-order valence-corrected chi connectivity index (χ4v) is 6.68. The molecule has 1 aromatic carbocycles. The first-order chi connectivity index (χ1) is 20.9. The van der Waals surface area contributed by atoms with Crippen LogP contribution in [-0.2, 0) is 23.9 Å². The van der Waals surface area contributed by atoms with Crippen LogP contribution in [0.15, 0.2) is 24.3 Å². The van der Waals surface area contributed by atoms with Crippen molar-refractivity contribution in [2.45, 2.75) is 99.7 Å². The zero-order valence-electron chi connectivity index (χ0n) is 25.5. The Labute approximate surface area is 267 Å². The molecule has 0 saturated carbocycles. The van der Waals surface area contributed by atoms with E-state index in [2.05, 4.69) is 17.6 Å². The van der Waals surface area contributed by atoms with E-state index >= 15 is 0 Å². The summed E-state index contributed by atoms with van der Waals surface area (Å²) in [5, 5.41) is 36.0. The van der Waals surface area contributed by atoms with Crippen molar-refractivity contribution >= 4 is 52.8 Å². The largest absolute Gasteiger partial charge is 0.478 e. The number of hydrogen-bond donors (Lipinski definition) is 5. The summed E-state index contributed by atoms with van der Waals surface area (Å²) >= 11 is 7.65. The molecule has 2 heterocycles. The van der Waals surface area contributed by atoms with Crippen LogP contribution in [0.4, 0.5) is 5.69 Å². The summed E-state index contributed by atoms with van der Waals surface area (Å²) in [6.07, 6.45) is -0.721. The maximum Gasteiger partial charge on any atom is 0.335 e. The van der Waals surface area contributed by atoms with Crippen LogP contribution in [0.2, 0.25) is 0 Å². The van der Waals surface area contributed by atoms with Crippen molar-refractivity contribution in [3.8, 4) is 0 Å². The van der Waals surface area contributed by atoms with Gasteiger partial charge in [-0.2, -0.15) is 0 Å². The average molecular weight is 658 g/mol. The number of aliphatic hydroxyl groups excluding tert-OH is 2. The number of nitrogens with one attached hydrogen (secondary N) is 2. The zero-order chi connectivity index (χ0) is 32.6. The number of anilines is 1. The number of likely N-dealkylation sites (N-methyl/N-ethyl adjacent to an activating group) is 1. The molecule has 2 aliphatic heterocycles. The fraction of sp³-hybridized carbons (Fsp3) is 0.667.